The highest BCUT2D eigenvalue weighted by atomic mass is 32.2. The summed E-state index contributed by atoms with van der Waals surface area (Å²) < 4.78 is 0. The molecule has 1 heterocycles. The van der Waals surface area contributed by atoms with Crippen molar-refractivity contribution in [3.8, 4) is 11.4 Å². The largest absolute Gasteiger partial charge is 0.236 e. The monoisotopic (exact) mass is 370 g/mol. The van der Waals surface area contributed by atoms with Gasteiger partial charge in [0.25, 0.3) is 0 Å². The molecular weight excluding hydrogens is 336 g/mol. The number of hydrogen-bond acceptors (Lipinski definition) is 3. The lowest BCUT2D eigenvalue weighted by atomic mass is 10.1. The number of hydrogen-bond donors (Lipinski definition) is 0. The Kier molecular flexibility index (Phi) is 10.4. The fraction of sp³-hybridized carbons (Fsp3) is 0.565. The SMILES string of the molecule is CCCCCCCCCc1cnc(-c2ccc(SCCCC)cc2)nc1. The van der Waals surface area contributed by atoms with E-state index in [1.54, 1.807) is 0 Å². The smallest absolute Gasteiger partial charge is 0.159 e. The fourth-order valence-electron chi connectivity index (χ4n) is 2.95. The summed E-state index contributed by atoms with van der Waals surface area (Å²) in [5.41, 5.74) is 2.36. The molecule has 2 nitrogen and oxygen atoms in total. The van der Waals surface area contributed by atoms with Crippen LogP contribution in [0.25, 0.3) is 11.4 Å². The van der Waals surface area contributed by atoms with Gasteiger partial charge in [0.05, 0.1) is 0 Å². The van der Waals surface area contributed by atoms with Crippen molar-refractivity contribution in [2.45, 2.75) is 83.0 Å². The summed E-state index contributed by atoms with van der Waals surface area (Å²) in [5, 5.41) is 0. The summed E-state index contributed by atoms with van der Waals surface area (Å²) in [7, 11) is 0. The van der Waals surface area contributed by atoms with E-state index in [4.69, 9.17) is 0 Å². The van der Waals surface area contributed by atoms with Crippen LogP contribution in [0.4, 0.5) is 0 Å². The van der Waals surface area contributed by atoms with Crippen LogP contribution in [-0.2, 0) is 6.42 Å². The number of aryl methyl sites for hydroxylation is 1. The summed E-state index contributed by atoms with van der Waals surface area (Å²) in [4.78, 5) is 10.5. The zero-order valence-electron chi connectivity index (χ0n) is 16.5. The molecule has 2 aromatic rings. The molecule has 0 amide bonds. The van der Waals surface area contributed by atoms with Crippen molar-refractivity contribution in [2.24, 2.45) is 0 Å². The number of nitrogens with zero attached hydrogens (tertiary/aromatic N) is 2. The summed E-state index contributed by atoms with van der Waals surface area (Å²) in [5.74, 6) is 2.03. The molecule has 2 rings (SSSR count). The van der Waals surface area contributed by atoms with Crippen molar-refractivity contribution in [1.82, 2.24) is 9.97 Å². The second-order valence-electron chi connectivity index (χ2n) is 7.01. The quantitative estimate of drug-likeness (QED) is 0.273. The summed E-state index contributed by atoms with van der Waals surface area (Å²) >= 11 is 1.93. The number of rotatable bonds is 13. The van der Waals surface area contributed by atoms with Crippen LogP contribution >= 0.6 is 11.8 Å². The van der Waals surface area contributed by atoms with Gasteiger partial charge >= 0.3 is 0 Å². The van der Waals surface area contributed by atoms with Crippen molar-refractivity contribution < 1.29 is 0 Å². The normalized spacial score (nSPS) is 11.0. The molecule has 0 aliphatic carbocycles. The van der Waals surface area contributed by atoms with E-state index < -0.39 is 0 Å². The van der Waals surface area contributed by atoms with Crippen LogP contribution in [0, 0.1) is 0 Å². The molecule has 0 N–H and O–H groups in total. The van der Waals surface area contributed by atoms with E-state index >= 15 is 0 Å². The van der Waals surface area contributed by atoms with Gasteiger partial charge in [0, 0.05) is 22.9 Å². The van der Waals surface area contributed by atoms with E-state index in [0.29, 0.717) is 0 Å². The molecule has 1 aromatic heterocycles. The predicted molar refractivity (Wildman–Crippen MR) is 115 cm³/mol. The maximum atomic E-state index is 4.58. The Hall–Kier alpha value is -1.35. The molecule has 0 radical (unpaired) electrons. The van der Waals surface area contributed by atoms with E-state index in [-0.39, 0.29) is 0 Å². The third-order valence-electron chi connectivity index (χ3n) is 4.65. The number of aromatic nitrogens is 2. The first-order valence-corrected chi connectivity index (χ1v) is 11.4. The van der Waals surface area contributed by atoms with Crippen molar-refractivity contribution >= 4 is 11.8 Å². The molecule has 0 spiro atoms. The number of benzene rings is 1. The van der Waals surface area contributed by atoms with Crippen LogP contribution in [0.3, 0.4) is 0 Å². The Morgan fingerprint density at radius 1 is 0.731 bits per heavy atom. The first kappa shape index (κ1) is 21.0. The van der Waals surface area contributed by atoms with E-state index in [2.05, 4.69) is 48.1 Å². The highest BCUT2D eigenvalue weighted by Crippen LogP contribution is 2.23. The predicted octanol–water partition coefficient (Wildman–Crippen LogP) is 7.33. The third kappa shape index (κ3) is 7.90. The minimum atomic E-state index is 0.832. The van der Waals surface area contributed by atoms with E-state index in [1.807, 2.05) is 24.2 Å². The lowest BCUT2D eigenvalue weighted by Gasteiger charge is -2.05. The Balaban J connectivity index is 1.74. The Bertz CT molecular complexity index is 593. The van der Waals surface area contributed by atoms with Crippen LogP contribution in [0.1, 0.15) is 77.2 Å². The summed E-state index contributed by atoms with van der Waals surface area (Å²) in [6.07, 6.45) is 17.0. The highest BCUT2D eigenvalue weighted by molar-refractivity contribution is 7.99. The number of unbranched alkanes of at least 4 members (excludes halogenated alkanes) is 7. The van der Waals surface area contributed by atoms with Gasteiger partial charge in [0.2, 0.25) is 0 Å². The van der Waals surface area contributed by atoms with Gasteiger partial charge in [-0.1, -0.05) is 70.9 Å². The van der Waals surface area contributed by atoms with Crippen molar-refractivity contribution in [2.75, 3.05) is 5.75 Å². The van der Waals surface area contributed by atoms with Crippen molar-refractivity contribution in [1.29, 1.82) is 0 Å². The molecule has 0 saturated carbocycles. The fourth-order valence-corrected chi connectivity index (χ4v) is 3.95. The Morgan fingerprint density at radius 3 is 2.00 bits per heavy atom. The molecule has 3 heteroatoms. The molecule has 1 aromatic carbocycles. The lowest BCUT2D eigenvalue weighted by Crippen LogP contribution is -1.93. The van der Waals surface area contributed by atoms with Gasteiger partial charge in [-0.25, -0.2) is 9.97 Å². The molecule has 0 saturated heterocycles. The minimum Gasteiger partial charge on any atom is -0.236 e. The number of thioether (sulfide) groups is 1. The van der Waals surface area contributed by atoms with Gasteiger partial charge in [-0.3, -0.25) is 0 Å². The van der Waals surface area contributed by atoms with Gasteiger partial charge < -0.3 is 0 Å². The molecule has 0 aliphatic rings. The highest BCUT2D eigenvalue weighted by Gasteiger charge is 2.03. The average molecular weight is 371 g/mol. The van der Waals surface area contributed by atoms with Crippen molar-refractivity contribution in [3.63, 3.8) is 0 Å². The maximum Gasteiger partial charge on any atom is 0.159 e. The third-order valence-corrected chi connectivity index (χ3v) is 5.75. The van der Waals surface area contributed by atoms with E-state index in [0.717, 1.165) is 17.8 Å². The summed E-state index contributed by atoms with van der Waals surface area (Å²) in [6.45, 7) is 4.50. The first-order chi connectivity index (χ1) is 12.8. The molecule has 0 fully saturated rings. The zero-order valence-corrected chi connectivity index (χ0v) is 17.4. The lowest BCUT2D eigenvalue weighted by molar-refractivity contribution is 0.589. The second-order valence-corrected chi connectivity index (χ2v) is 8.18. The molecule has 142 valence electrons. The van der Waals surface area contributed by atoms with Gasteiger partial charge in [0.1, 0.15) is 0 Å². The Morgan fingerprint density at radius 2 is 1.35 bits per heavy atom. The van der Waals surface area contributed by atoms with Crippen LogP contribution in [0.15, 0.2) is 41.6 Å². The van der Waals surface area contributed by atoms with E-state index in [1.165, 1.54) is 74.0 Å². The van der Waals surface area contributed by atoms with Gasteiger partial charge in [0.15, 0.2) is 5.82 Å². The molecular formula is C23H34N2S. The van der Waals surface area contributed by atoms with Crippen LogP contribution in [0.5, 0.6) is 0 Å². The minimum absolute atomic E-state index is 0.832. The molecule has 0 atom stereocenters. The van der Waals surface area contributed by atoms with E-state index in [9.17, 15) is 0 Å². The second kappa shape index (κ2) is 12.9. The van der Waals surface area contributed by atoms with Gasteiger partial charge in [-0.05, 0) is 42.7 Å². The first-order valence-electron chi connectivity index (χ1n) is 10.4. The maximum absolute atomic E-state index is 4.58. The van der Waals surface area contributed by atoms with Crippen LogP contribution in [-0.4, -0.2) is 15.7 Å². The molecule has 0 unspecified atom stereocenters. The zero-order chi connectivity index (χ0) is 18.5. The standard InChI is InChI=1S/C23H34N2S/c1-3-5-7-8-9-10-11-12-20-18-24-23(25-19-20)21-13-15-22(16-14-21)26-17-6-4-2/h13-16,18-19H,3-12,17H2,1-2H3. The summed E-state index contributed by atoms with van der Waals surface area (Å²) in [6, 6.07) is 8.65. The topological polar surface area (TPSA) is 25.8 Å². The molecule has 0 aliphatic heterocycles. The van der Waals surface area contributed by atoms with Crippen molar-refractivity contribution in [3.05, 3.63) is 42.2 Å². The van der Waals surface area contributed by atoms with Gasteiger partial charge in [-0.2, -0.15) is 0 Å². The molecule has 0 bridgehead atoms. The van der Waals surface area contributed by atoms with Gasteiger partial charge in [-0.15, -0.1) is 11.8 Å². The Labute approximate surface area is 164 Å². The molecule has 26 heavy (non-hydrogen) atoms. The average Bonchev–Trinajstić information content (AvgIpc) is 2.69. The van der Waals surface area contributed by atoms with Crippen LogP contribution < -0.4 is 0 Å². The van der Waals surface area contributed by atoms with Crippen LogP contribution in [0.2, 0.25) is 0 Å².